The first-order chi connectivity index (χ1) is 6.83. The summed E-state index contributed by atoms with van der Waals surface area (Å²) in [5.74, 6) is 1.78. The lowest BCUT2D eigenvalue weighted by Crippen LogP contribution is -2.21. The topological polar surface area (TPSA) is 17.1 Å². The van der Waals surface area contributed by atoms with Crippen LogP contribution in [0.2, 0.25) is 0 Å². The van der Waals surface area contributed by atoms with Crippen molar-refractivity contribution in [3.05, 3.63) is 35.4 Å². The molecule has 1 aromatic carbocycles. The lowest BCUT2D eigenvalue weighted by Gasteiger charge is -2.24. The molecule has 0 spiro atoms. The summed E-state index contributed by atoms with van der Waals surface area (Å²) in [6.07, 6.45) is 4.25. The van der Waals surface area contributed by atoms with Gasteiger partial charge in [0, 0.05) is 12.8 Å². The van der Waals surface area contributed by atoms with Crippen LogP contribution in [0.4, 0.5) is 0 Å². The SMILES string of the molecule is O=C1CC(c2cccc(C3CC3)c2)C1. The summed E-state index contributed by atoms with van der Waals surface area (Å²) < 4.78 is 0. The molecule has 0 atom stereocenters. The molecule has 72 valence electrons. The van der Waals surface area contributed by atoms with Gasteiger partial charge < -0.3 is 0 Å². The first kappa shape index (κ1) is 8.22. The van der Waals surface area contributed by atoms with Gasteiger partial charge in [-0.05, 0) is 35.8 Å². The number of rotatable bonds is 2. The van der Waals surface area contributed by atoms with E-state index in [9.17, 15) is 4.79 Å². The third kappa shape index (κ3) is 1.37. The highest BCUT2D eigenvalue weighted by atomic mass is 16.1. The highest BCUT2D eigenvalue weighted by Crippen LogP contribution is 2.42. The minimum atomic E-state index is 0.423. The van der Waals surface area contributed by atoms with Crippen molar-refractivity contribution in [3.8, 4) is 0 Å². The normalized spacial score (nSPS) is 22.1. The number of carbonyl (C=O) groups is 1. The van der Waals surface area contributed by atoms with Crippen LogP contribution in [0.25, 0.3) is 0 Å². The molecule has 3 rings (SSSR count). The quantitative estimate of drug-likeness (QED) is 0.694. The van der Waals surface area contributed by atoms with Gasteiger partial charge in [0.25, 0.3) is 0 Å². The van der Waals surface area contributed by atoms with E-state index in [1.165, 1.54) is 24.0 Å². The standard InChI is InChI=1S/C13H14O/c14-13-7-12(8-13)11-3-1-2-10(6-11)9-4-5-9/h1-3,6,9,12H,4-5,7-8H2. The van der Waals surface area contributed by atoms with Crippen LogP contribution in [0.3, 0.4) is 0 Å². The van der Waals surface area contributed by atoms with Crippen molar-refractivity contribution in [1.29, 1.82) is 0 Å². The molecule has 2 saturated carbocycles. The Morgan fingerprint density at radius 3 is 2.21 bits per heavy atom. The second kappa shape index (κ2) is 2.94. The molecule has 2 aliphatic rings. The first-order valence-corrected chi connectivity index (χ1v) is 5.44. The fourth-order valence-electron chi connectivity index (χ4n) is 2.21. The predicted octanol–water partition coefficient (Wildman–Crippen LogP) is 3.01. The Morgan fingerprint density at radius 1 is 1.00 bits per heavy atom. The van der Waals surface area contributed by atoms with Gasteiger partial charge in [-0.1, -0.05) is 24.3 Å². The number of carbonyl (C=O) groups excluding carboxylic acids is 1. The van der Waals surface area contributed by atoms with E-state index >= 15 is 0 Å². The molecule has 0 amide bonds. The van der Waals surface area contributed by atoms with Crippen LogP contribution in [0.15, 0.2) is 24.3 Å². The molecule has 0 saturated heterocycles. The van der Waals surface area contributed by atoms with Gasteiger partial charge in [-0.2, -0.15) is 0 Å². The first-order valence-electron chi connectivity index (χ1n) is 5.44. The zero-order valence-corrected chi connectivity index (χ0v) is 8.20. The van der Waals surface area contributed by atoms with E-state index in [4.69, 9.17) is 0 Å². The van der Waals surface area contributed by atoms with Crippen LogP contribution in [0.5, 0.6) is 0 Å². The van der Waals surface area contributed by atoms with Gasteiger partial charge in [-0.3, -0.25) is 4.79 Å². The Kier molecular flexibility index (Phi) is 1.73. The highest BCUT2D eigenvalue weighted by Gasteiger charge is 2.29. The monoisotopic (exact) mass is 186 g/mol. The van der Waals surface area contributed by atoms with E-state index in [0.29, 0.717) is 11.7 Å². The van der Waals surface area contributed by atoms with Crippen molar-refractivity contribution in [1.82, 2.24) is 0 Å². The second-order valence-corrected chi connectivity index (χ2v) is 4.59. The Hall–Kier alpha value is -1.11. The van der Waals surface area contributed by atoms with Crippen molar-refractivity contribution in [2.24, 2.45) is 0 Å². The maximum atomic E-state index is 10.9. The van der Waals surface area contributed by atoms with Crippen molar-refractivity contribution >= 4 is 5.78 Å². The van der Waals surface area contributed by atoms with Gasteiger partial charge in [0.15, 0.2) is 0 Å². The minimum absolute atomic E-state index is 0.423. The fraction of sp³-hybridized carbons (Fsp3) is 0.462. The Labute approximate surface area is 84.1 Å². The van der Waals surface area contributed by atoms with Crippen molar-refractivity contribution < 1.29 is 4.79 Å². The number of hydrogen-bond acceptors (Lipinski definition) is 1. The molecule has 2 fully saturated rings. The third-order valence-corrected chi connectivity index (χ3v) is 3.38. The molecular formula is C13H14O. The molecule has 1 nitrogen and oxygen atoms in total. The average Bonchev–Trinajstić information content (AvgIpc) is 2.96. The number of hydrogen-bond donors (Lipinski definition) is 0. The molecule has 14 heavy (non-hydrogen) atoms. The van der Waals surface area contributed by atoms with Crippen molar-refractivity contribution in [2.45, 2.75) is 37.5 Å². The summed E-state index contributed by atoms with van der Waals surface area (Å²) in [7, 11) is 0. The molecule has 1 aromatic rings. The third-order valence-electron chi connectivity index (χ3n) is 3.38. The smallest absolute Gasteiger partial charge is 0.134 e. The van der Waals surface area contributed by atoms with Crippen LogP contribution < -0.4 is 0 Å². The highest BCUT2D eigenvalue weighted by molar-refractivity contribution is 5.86. The van der Waals surface area contributed by atoms with Gasteiger partial charge in [-0.15, -0.1) is 0 Å². The second-order valence-electron chi connectivity index (χ2n) is 4.59. The number of Topliss-reactive ketones (excluding diaryl/α,β-unsaturated/α-hetero) is 1. The van der Waals surface area contributed by atoms with Crippen LogP contribution in [0.1, 0.15) is 48.6 Å². The maximum absolute atomic E-state index is 10.9. The molecule has 1 heteroatoms. The summed E-state index contributed by atoms with van der Waals surface area (Å²) in [6, 6.07) is 8.85. The molecule has 0 bridgehead atoms. The van der Waals surface area contributed by atoms with Gasteiger partial charge in [0.1, 0.15) is 5.78 Å². The van der Waals surface area contributed by atoms with E-state index < -0.39 is 0 Å². The van der Waals surface area contributed by atoms with Gasteiger partial charge in [-0.25, -0.2) is 0 Å². The Morgan fingerprint density at radius 2 is 1.64 bits per heavy atom. The summed E-state index contributed by atoms with van der Waals surface area (Å²) in [4.78, 5) is 10.9. The van der Waals surface area contributed by atoms with Gasteiger partial charge >= 0.3 is 0 Å². The summed E-state index contributed by atoms with van der Waals surface area (Å²) >= 11 is 0. The van der Waals surface area contributed by atoms with Crippen LogP contribution in [-0.2, 0) is 4.79 Å². The van der Waals surface area contributed by atoms with Crippen molar-refractivity contribution in [2.75, 3.05) is 0 Å². The summed E-state index contributed by atoms with van der Waals surface area (Å²) in [6.45, 7) is 0. The van der Waals surface area contributed by atoms with E-state index in [-0.39, 0.29) is 0 Å². The molecule has 0 heterocycles. The molecule has 0 aliphatic heterocycles. The van der Waals surface area contributed by atoms with Crippen molar-refractivity contribution in [3.63, 3.8) is 0 Å². The van der Waals surface area contributed by atoms with Gasteiger partial charge in [0.2, 0.25) is 0 Å². The number of benzene rings is 1. The average molecular weight is 186 g/mol. The lowest BCUT2D eigenvalue weighted by molar-refractivity contribution is -0.124. The maximum Gasteiger partial charge on any atom is 0.134 e. The zero-order valence-electron chi connectivity index (χ0n) is 8.20. The van der Waals surface area contributed by atoms with E-state index in [2.05, 4.69) is 24.3 Å². The van der Waals surface area contributed by atoms with Crippen LogP contribution >= 0.6 is 0 Å². The van der Waals surface area contributed by atoms with E-state index in [1.807, 2.05) is 0 Å². The molecule has 0 N–H and O–H groups in total. The fourth-order valence-corrected chi connectivity index (χ4v) is 2.21. The molecule has 2 aliphatic carbocycles. The number of ketones is 1. The van der Waals surface area contributed by atoms with Crippen LogP contribution in [0, 0.1) is 0 Å². The minimum Gasteiger partial charge on any atom is -0.300 e. The summed E-state index contributed by atoms with van der Waals surface area (Å²) in [5.41, 5.74) is 2.87. The Bertz CT molecular complexity index is 369. The zero-order chi connectivity index (χ0) is 9.54. The van der Waals surface area contributed by atoms with E-state index in [1.54, 1.807) is 0 Å². The molecule has 0 radical (unpaired) electrons. The molecule has 0 unspecified atom stereocenters. The Balaban J connectivity index is 1.83. The predicted molar refractivity (Wildman–Crippen MR) is 55.4 cm³/mol. The van der Waals surface area contributed by atoms with Gasteiger partial charge in [0.05, 0.1) is 0 Å². The van der Waals surface area contributed by atoms with E-state index in [0.717, 1.165) is 18.8 Å². The van der Waals surface area contributed by atoms with Crippen LogP contribution in [-0.4, -0.2) is 5.78 Å². The molecule has 0 aromatic heterocycles. The molecular weight excluding hydrogens is 172 g/mol. The lowest BCUT2D eigenvalue weighted by atomic mass is 9.78. The largest absolute Gasteiger partial charge is 0.300 e. The summed E-state index contributed by atoms with van der Waals surface area (Å²) in [5, 5.41) is 0.